The Labute approximate surface area is 139 Å². The minimum Gasteiger partial charge on any atom is -0.377 e. The summed E-state index contributed by atoms with van der Waals surface area (Å²) in [5, 5.41) is 12.6. The lowest BCUT2D eigenvalue weighted by molar-refractivity contribution is 0.129. The van der Waals surface area contributed by atoms with Crippen LogP contribution in [0.5, 0.6) is 0 Å². The van der Waals surface area contributed by atoms with Crippen molar-refractivity contribution in [3.63, 3.8) is 0 Å². The molecule has 1 fully saturated rings. The van der Waals surface area contributed by atoms with Crippen LogP contribution in [0.2, 0.25) is 0 Å². The van der Waals surface area contributed by atoms with Crippen molar-refractivity contribution in [2.75, 3.05) is 17.7 Å². The Morgan fingerprint density at radius 1 is 1.32 bits per heavy atom. The molecule has 1 aliphatic rings. The van der Waals surface area contributed by atoms with Gasteiger partial charge in [0.25, 0.3) is 0 Å². The molecule has 2 aromatic rings. The summed E-state index contributed by atoms with van der Waals surface area (Å²) >= 11 is 3.33. The minimum atomic E-state index is 0.383. The summed E-state index contributed by atoms with van der Waals surface area (Å²) in [5.41, 5.74) is 2.40. The van der Waals surface area contributed by atoms with Gasteiger partial charge in [0, 0.05) is 18.0 Å². The molecule has 1 aromatic carbocycles. The van der Waals surface area contributed by atoms with Crippen LogP contribution < -0.4 is 5.32 Å². The summed E-state index contributed by atoms with van der Waals surface area (Å²) in [6.45, 7) is 5.30. The Morgan fingerprint density at radius 2 is 2.14 bits per heavy atom. The predicted octanol–water partition coefficient (Wildman–Crippen LogP) is 4.68. The molecule has 1 aliphatic heterocycles. The molecule has 1 aromatic heterocycles. The van der Waals surface area contributed by atoms with Crippen molar-refractivity contribution in [3.8, 4) is 0 Å². The third-order valence-electron chi connectivity index (χ3n) is 3.65. The third kappa shape index (κ3) is 4.21. The van der Waals surface area contributed by atoms with E-state index >= 15 is 0 Å². The number of benzene rings is 1. The number of anilines is 2. The van der Waals surface area contributed by atoms with Crippen molar-refractivity contribution in [2.45, 2.75) is 43.1 Å². The molecule has 0 bridgehead atoms. The van der Waals surface area contributed by atoms with Gasteiger partial charge in [0.15, 0.2) is 4.34 Å². The Morgan fingerprint density at radius 3 is 2.82 bits per heavy atom. The fraction of sp³-hybridized carbons (Fsp3) is 0.500. The number of hydrogen-bond acceptors (Lipinski definition) is 6. The summed E-state index contributed by atoms with van der Waals surface area (Å²) < 4.78 is 6.62. The zero-order valence-corrected chi connectivity index (χ0v) is 14.5. The number of rotatable bonds is 6. The van der Waals surface area contributed by atoms with Crippen molar-refractivity contribution in [2.24, 2.45) is 0 Å². The highest BCUT2D eigenvalue weighted by Crippen LogP contribution is 2.30. The summed E-state index contributed by atoms with van der Waals surface area (Å²) in [5.74, 6) is 1.52. The van der Waals surface area contributed by atoms with E-state index in [1.54, 1.807) is 23.1 Å². The second-order valence-electron chi connectivity index (χ2n) is 5.72. The van der Waals surface area contributed by atoms with E-state index < -0.39 is 0 Å². The van der Waals surface area contributed by atoms with Crippen molar-refractivity contribution >= 4 is 33.9 Å². The fourth-order valence-electron chi connectivity index (χ4n) is 2.33. The third-order valence-corrected chi connectivity index (χ3v) is 5.76. The molecule has 118 valence electrons. The van der Waals surface area contributed by atoms with E-state index in [-0.39, 0.29) is 0 Å². The van der Waals surface area contributed by atoms with Gasteiger partial charge in [0.1, 0.15) is 0 Å². The van der Waals surface area contributed by atoms with E-state index in [9.17, 15) is 0 Å². The Kier molecular flexibility index (Phi) is 5.33. The van der Waals surface area contributed by atoms with Crippen LogP contribution in [0.4, 0.5) is 10.8 Å². The Bertz CT molecular complexity index is 592. The number of aromatic nitrogens is 2. The lowest BCUT2D eigenvalue weighted by Gasteiger charge is -2.07. The van der Waals surface area contributed by atoms with Gasteiger partial charge >= 0.3 is 0 Å². The summed E-state index contributed by atoms with van der Waals surface area (Å²) in [6.07, 6.45) is 2.73. The molecule has 1 N–H and O–H groups in total. The van der Waals surface area contributed by atoms with Crippen LogP contribution in [0, 0.1) is 0 Å². The maximum atomic E-state index is 5.63. The number of ether oxygens (including phenoxy) is 1. The van der Waals surface area contributed by atoms with E-state index in [1.807, 2.05) is 0 Å². The Hall–Kier alpha value is -1.11. The quantitative estimate of drug-likeness (QED) is 0.777. The van der Waals surface area contributed by atoms with E-state index in [0.717, 1.165) is 27.5 Å². The van der Waals surface area contributed by atoms with Gasteiger partial charge in [-0.05, 0) is 36.5 Å². The molecular formula is C16H21N3OS2. The van der Waals surface area contributed by atoms with Gasteiger partial charge < -0.3 is 10.1 Å². The molecule has 22 heavy (non-hydrogen) atoms. The van der Waals surface area contributed by atoms with Crippen molar-refractivity contribution in [3.05, 3.63) is 29.8 Å². The molecule has 1 saturated heterocycles. The van der Waals surface area contributed by atoms with Gasteiger partial charge in [-0.3, -0.25) is 0 Å². The average molecular weight is 335 g/mol. The molecule has 1 atom stereocenters. The van der Waals surface area contributed by atoms with Gasteiger partial charge in [-0.25, -0.2) is 0 Å². The van der Waals surface area contributed by atoms with Crippen molar-refractivity contribution in [1.29, 1.82) is 0 Å². The maximum absolute atomic E-state index is 5.63. The van der Waals surface area contributed by atoms with E-state index in [1.165, 1.54) is 18.4 Å². The highest BCUT2D eigenvalue weighted by atomic mass is 32.2. The number of hydrogen-bond donors (Lipinski definition) is 1. The normalized spacial score (nSPS) is 18.0. The number of thioether (sulfide) groups is 1. The highest BCUT2D eigenvalue weighted by molar-refractivity contribution is 8.01. The highest BCUT2D eigenvalue weighted by Gasteiger charge is 2.16. The first-order chi connectivity index (χ1) is 10.7. The van der Waals surface area contributed by atoms with Crippen LogP contribution in [-0.2, 0) is 4.74 Å². The zero-order chi connectivity index (χ0) is 15.4. The first-order valence-corrected chi connectivity index (χ1v) is 9.46. The molecule has 0 unspecified atom stereocenters. The fourth-order valence-corrected chi connectivity index (χ4v) is 4.20. The molecule has 0 aliphatic carbocycles. The lowest BCUT2D eigenvalue weighted by atomic mass is 10.0. The van der Waals surface area contributed by atoms with Gasteiger partial charge in [-0.1, -0.05) is 49.1 Å². The lowest BCUT2D eigenvalue weighted by Crippen LogP contribution is -2.07. The van der Waals surface area contributed by atoms with Crippen LogP contribution in [0.1, 0.15) is 38.2 Å². The maximum Gasteiger partial charge on any atom is 0.210 e. The van der Waals surface area contributed by atoms with Crippen molar-refractivity contribution < 1.29 is 4.74 Å². The second kappa shape index (κ2) is 7.44. The SMILES string of the molecule is CC(C)c1ccc(Nc2nnc(SC[C@H]3CCCO3)s2)cc1. The smallest absolute Gasteiger partial charge is 0.210 e. The molecule has 4 nitrogen and oxygen atoms in total. The zero-order valence-electron chi connectivity index (χ0n) is 12.9. The molecule has 6 heteroatoms. The van der Waals surface area contributed by atoms with E-state index in [2.05, 4.69) is 53.6 Å². The van der Waals surface area contributed by atoms with Gasteiger partial charge in [-0.2, -0.15) is 0 Å². The molecule has 2 heterocycles. The van der Waals surface area contributed by atoms with Gasteiger partial charge in [0.05, 0.1) is 6.10 Å². The topological polar surface area (TPSA) is 47.0 Å². The number of nitrogens with zero attached hydrogens (tertiary/aromatic N) is 2. The predicted molar refractivity (Wildman–Crippen MR) is 93.4 cm³/mol. The number of nitrogens with one attached hydrogen (secondary N) is 1. The molecule has 0 spiro atoms. The Balaban J connectivity index is 1.54. The van der Waals surface area contributed by atoms with Crippen LogP contribution in [0.15, 0.2) is 28.6 Å². The van der Waals surface area contributed by atoms with E-state index in [0.29, 0.717) is 12.0 Å². The molecule has 0 radical (unpaired) electrons. The average Bonchev–Trinajstić information content (AvgIpc) is 3.17. The van der Waals surface area contributed by atoms with Gasteiger partial charge in [0.2, 0.25) is 5.13 Å². The molecular weight excluding hydrogens is 314 g/mol. The minimum absolute atomic E-state index is 0.383. The molecule has 0 saturated carbocycles. The van der Waals surface area contributed by atoms with Crippen LogP contribution in [0.3, 0.4) is 0 Å². The molecule has 0 amide bonds. The standard InChI is InChI=1S/C16H21N3OS2/c1-11(2)12-5-7-13(8-6-12)17-15-18-19-16(22-15)21-10-14-4-3-9-20-14/h5-8,11,14H,3-4,9-10H2,1-2H3,(H,17,18)/t14-/m1/s1. The second-order valence-corrected chi connectivity index (χ2v) is 7.97. The summed E-state index contributed by atoms with van der Waals surface area (Å²) in [4.78, 5) is 0. The summed E-state index contributed by atoms with van der Waals surface area (Å²) in [6, 6.07) is 8.49. The van der Waals surface area contributed by atoms with Crippen LogP contribution >= 0.6 is 23.1 Å². The largest absolute Gasteiger partial charge is 0.377 e. The molecule has 3 rings (SSSR count). The first-order valence-electron chi connectivity index (χ1n) is 7.65. The summed E-state index contributed by atoms with van der Waals surface area (Å²) in [7, 11) is 0. The van der Waals surface area contributed by atoms with Crippen LogP contribution in [0.25, 0.3) is 0 Å². The first kappa shape index (κ1) is 15.8. The van der Waals surface area contributed by atoms with E-state index in [4.69, 9.17) is 4.74 Å². The van der Waals surface area contributed by atoms with Gasteiger partial charge in [-0.15, -0.1) is 10.2 Å². The van der Waals surface area contributed by atoms with Crippen molar-refractivity contribution in [1.82, 2.24) is 10.2 Å². The van der Waals surface area contributed by atoms with Crippen LogP contribution in [-0.4, -0.2) is 28.7 Å². The monoisotopic (exact) mass is 335 g/mol.